The quantitative estimate of drug-likeness (QED) is 0.704. The first-order valence-corrected chi connectivity index (χ1v) is 6.28. The smallest absolute Gasteiger partial charge is 0.361 e. The van der Waals surface area contributed by atoms with Gasteiger partial charge in [0.25, 0.3) is 6.43 Å². The Morgan fingerprint density at radius 3 is 2.28 bits per heavy atom. The van der Waals surface area contributed by atoms with Crippen LogP contribution in [0, 0.1) is 5.92 Å². The van der Waals surface area contributed by atoms with Crippen LogP contribution in [0.3, 0.4) is 0 Å². The summed E-state index contributed by atoms with van der Waals surface area (Å²) in [5, 5.41) is 0. The molecule has 2 rings (SSSR count). The molecule has 0 spiro atoms. The fourth-order valence-electron chi connectivity index (χ4n) is 2.10. The van der Waals surface area contributed by atoms with Crippen LogP contribution in [-0.2, 0) is 0 Å². The van der Waals surface area contributed by atoms with Gasteiger partial charge in [0.05, 0.1) is 0 Å². The average Bonchev–Trinajstić information content (AvgIpc) is 2.99. The highest BCUT2D eigenvalue weighted by molar-refractivity contribution is 9.12. The van der Waals surface area contributed by atoms with E-state index in [4.69, 9.17) is 0 Å². The number of halogens is 6. The van der Waals surface area contributed by atoms with Crippen LogP contribution in [0.5, 0.6) is 0 Å². The van der Waals surface area contributed by atoms with Gasteiger partial charge in [0, 0.05) is 22.8 Å². The second kappa shape index (κ2) is 4.83. The SMILES string of the molecule is FC(F)C1=CCN([C@@H](C2CC2)C(F)(F)F)C=C1Br. The lowest BCUT2D eigenvalue weighted by molar-refractivity contribution is -0.181. The first-order valence-electron chi connectivity index (χ1n) is 5.49. The fourth-order valence-corrected chi connectivity index (χ4v) is 2.70. The molecule has 1 atom stereocenters. The molecule has 0 bridgehead atoms. The summed E-state index contributed by atoms with van der Waals surface area (Å²) in [4.78, 5) is 1.09. The van der Waals surface area contributed by atoms with Crippen molar-refractivity contribution in [3.63, 3.8) is 0 Å². The van der Waals surface area contributed by atoms with Gasteiger partial charge in [0.2, 0.25) is 0 Å². The van der Waals surface area contributed by atoms with Crippen LogP contribution in [0.2, 0.25) is 0 Å². The molecule has 0 aromatic heterocycles. The predicted octanol–water partition coefficient (Wildman–Crippen LogP) is 4.07. The van der Waals surface area contributed by atoms with Gasteiger partial charge in [-0.1, -0.05) is 6.08 Å². The van der Waals surface area contributed by atoms with Gasteiger partial charge in [-0.2, -0.15) is 13.2 Å². The lowest BCUT2D eigenvalue weighted by Gasteiger charge is -2.34. The molecule has 1 fully saturated rings. The summed E-state index contributed by atoms with van der Waals surface area (Å²) < 4.78 is 63.8. The maximum absolute atomic E-state index is 12.9. The third-order valence-corrected chi connectivity index (χ3v) is 3.74. The predicted molar refractivity (Wildman–Crippen MR) is 60.4 cm³/mol. The third-order valence-electron chi connectivity index (χ3n) is 3.07. The van der Waals surface area contributed by atoms with Crippen LogP contribution < -0.4 is 0 Å². The van der Waals surface area contributed by atoms with Crippen molar-refractivity contribution in [2.75, 3.05) is 6.54 Å². The van der Waals surface area contributed by atoms with Gasteiger partial charge in [-0.05, 0) is 34.7 Å². The Morgan fingerprint density at radius 2 is 1.89 bits per heavy atom. The van der Waals surface area contributed by atoms with Crippen molar-refractivity contribution in [1.29, 1.82) is 0 Å². The topological polar surface area (TPSA) is 3.24 Å². The van der Waals surface area contributed by atoms with Crippen molar-refractivity contribution in [3.05, 3.63) is 22.3 Å². The number of allylic oxidation sites excluding steroid dienone is 2. The van der Waals surface area contributed by atoms with Crippen LogP contribution in [0.25, 0.3) is 0 Å². The van der Waals surface area contributed by atoms with Gasteiger partial charge in [-0.15, -0.1) is 0 Å². The Kier molecular flexibility index (Phi) is 3.71. The van der Waals surface area contributed by atoms with E-state index >= 15 is 0 Å². The van der Waals surface area contributed by atoms with Crippen LogP contribution in [0.1, 0.15) is 12.8 Å². The zero-order chi connectivity index (χ0) is 13.5. The van der Waals surface area contributed by atoms with E-state index in [1.807, 2.05) is 0 Å². The lowest BCUT2D eigenvalue weighted by atomic mass is 10.1. The molecule has 1 saturated carbocycles. The number of rotatable bonds is 3. The van der Waals surface area contributed by atoms with Gasteiger partial charge in [0.1, 0.15) is 6.04 Å². The molecule has 1 heterocycles. The van der Waals surface area contributed by atoms with Crippen molar-refractivity contribution in [1.82, 2.24) is 4.90 Å². The van der Waals surface area contributed by atoms with Gasteiger partial charge >= 0.3 is 6.18 Å². The molecule has 1 aliphatic carbocycles. The normalized spacial score (nSPS) is 22.9. The largest absolute Gasteiger partial charge is 0.408 e. The molecule has 0 aromatic carbocycles. The van der Waals surface area contributed by atoms with E-state index in [0.29, 0.717) is 12.8 Å². The number of nitrogens with zero attached hydrogens (tertiary/aromatic N) is 1. The van der Waals surface area contributed by atoms with Gasteiger partial charge in [0.15, 0.2) is 0 Å². The monoisotopic (exact) mass is 331 g/mol. The average molecular weight is 332 g/mol. The molecular formula is C11H11BrF5N. The molecule has 102 valence electrons. The maximum atomic E-state index is 12.9. The molecule has 0 N–H and O–H groups in total. The van der Waals surface area contributed by atoms with E-state index in [2.05, 4.69) is 15.9 Å². The fraction of sp³-hybridized carbons (Fsp3) is 0.636. The minimum absolute atomic E-state index is 0.0265. The number of alkyl halides is 5. The zero-order valence-corrected chi connectivity index (χ0v) is 10.8. The molecular weight excluding hydrogens is 321 g/mol. The molecule has 7 heteroatoms. The van der Waals surface area contributed by atoms with E-state index in [1.165, 1.54) is 0 Å². The van der Waals surface area contributed by atoms with Gasteiger partial charge in [-0.3, -0.25) is 0 Å². The maximum Gasteiger partial charge on any atom is 0.408 e. The first-order chi connectivity index (χ1) is 8.30. The minimum atomic E-state index is -4.33. The van der Waals surface area contributed by atoms with Gasteiger partial charge < -0.3 is 4.90 Å². The number of hydrogen-bond donors (Lipinski definition) is 0. The summed E-state index contributed by atoms with van der Waals surface area (Å²) >= 11 is 2.90. The second-order valence-electron chi connectivity index (χ2n) is 4.46. The van der Waals surface area contributed by atoms with Crippen molar-refractivity contribution >= 4 is 15.9 Å². The van der Waals surface area contributed by atoms with Crippen LogP contribution in [0.15, 0.2) is 22.3 Å². The Bertz CT molecular complexity index is 383. The molecule has 1 aliphatic heterocycles. The van der Waals surface area contributed by atoms with E-state index in [0.717, 1.165) is 17.2 Å². The standard InChI is InChI=1S/C11H11BrF5N/c12-8-5-18(4-3-7(8)10(13)14)9(6-1-2-6)11(15,16)17/h3,5-6,9-10H,1-2,4H2/t9-/m0/s1. The van der Waals surface area contributed by atoms with E-state index in [1.54, 1.807) is 0 Å². The summed E-state index contributed by atoms with van der Waals surface area (Å²) in [5.74, 6) is -0.414. The van der Waals surface area contributed by atoms with Crippen LogP contribution >= 0.6 is 15.9 Å². The highest BCUT2D eigenvalue weighted by Crippen LogP contribution is 2.44. The summed E-state index contributed by atoms with van der Waals surface area (Å²) in [5.41, 5.74) is -0.247. The van der Waals surface area contributed by atoms with Crippen LogP contribution in [0.4, 0.5) is 22.0 Å². The molecule has 0 unspecified atom stereocenters. The number of hydrogen-bond acceptors (Lipinski definition) is 1. The molecule has 0 aromatic rings. The highest BCUT2D eigenvalue weighted by Gasteiger charge is 2.51. The zero-order valence-electron chi connectivity index (χ0n) is 9.22. The molecule has 18 heavy (non-hydrogen) atoms. The Balaban J connectivity index is 2.16. The summed E-state index contributed by atoms with van der Waals surface area (Å²) in [6, 6.07) is -1.57. The van der Waals surface area contributed by atoms with Crippen molar-refractivity contribution in [2.45, 2.75) is 31.5 Å². The lowest BCUT2D eigenvalue weighted by Crippen LogP contribution is -2.45. The Hall–Kier alpha value is -0.590. The first kappa shape index (κ1) is 13.8. The third kappa shape index (κ3) is 2.87. The van der Waals surface area contributed by atoms with Crippen LogP contribution in [-0.4, -0.2) is 30.1 Å². The summed E-state index contributed by atoms with van der Waals surface area (Å²) in [7, 11) is 0. The molecule has 1 nitrogen and oxygen atoms in total. The van der Waals surface area contributed by atoms with Gasteiger partial charge in [-0.25, -0.2) is 8.78 Å². The Morgan fingerprint density at radius 1 is 1.28 bits per heavy atom. The second-order valence-corrected chi connectivity index (χ2v) is 5.31. The molecule has 0 radical (unpaired) electrons. The molecule has 0 saturated heterocycles. The summed E-state index contributed by atoms with van der Waals surface area (Å²) in [6.45, 7) is -0.130. The van der Waals surface area contributed by atoms with E-state index < -0.39 is 24.6 Å². The molecule has 2 aliphatic rings. The Labute approximate surface area is 109 Å². The minimum Gasteiger partial charge on any atom is -0.361 e. The van der Waals surface area contributed by atoms with E-state index in [-0.39, 0.29) is 16.6 Å². The summed E-state index contributed by atoms with van der Waals surface area (Å²) in [6.07, 6.45) is -3.65. The van der Waals surface area contributed by atoms with Crippen molar-refractivity contribution < 1.29 is 22.0 Å². The molecule has 0 amide bonds. The van der Waals surface area contributed by atoms with E-state index in [9.17, 15) is 22.0 Å². The van der Waals surface area contributed by atoms with Crippen molar-refractivity contribution in [2.24, 2.45) is 5.92 Å². The van der Waals surface area contributed by atoms with Crippen molar-refractivity contribution in [3.8, 4) is 0 Å². The highest BCUT2D eigenvalue weighted by atomic mass is 79.9.